The lowest BCUT2D eigenvalue weighted by molar-refractivity contribution is -0.00434. The molecule has 0 unspecified atom stereocenters. The highest BCUT2D eigenvalue weighted by Gasteiger charge is 2.28. The van der Waals surface area contributed by atoms with E-state index in [4.69, 9.17) is 9.72 Å². The van der Waals surface area contributed by atoms with E-state index in [0.29, 0.717) is 12.3 Å². The zero-order chi connectivity index (χ0) is 21.0. The lowest BCUT2D eigenvalue weighted by atomic mass is 10.1. The largest absolute Gasteiger partial charge is 0.373 e. The van der Waals surface area contributed by atoms with Crippen LogP contribution < -0.4 is 0 Å². The van der Waals surface area contributed by atoms with E-state index in [1.54, 1.807) is 17.5 Å². The number of amides is 1. The van der Waals surface area contributed by atoms with Gasteiger partial charge >= 0.3 is 0 Å². The molecule has 164 valence electrons. The monoisotopic (exact) mass is 439 g/mol. The van der Waals surface area contributed by atoms with Crippen LogP contribution in [0.4, 0.5) is 0 Å². The summed E-state index contributed by atoms with van der Waals surface area (Å²) in [4.78, 5) is 27.4. The van der Waals surface area contributed by atoms with Crippen molar-refractivity contribution in [1.82, 2.24) is 24.2 Å². The standard InChI is InChI=1S/C23H29N5O2S/c29-22(27-9-2-1-3-10-27)21-20(28-13-14-31-23(28)25-21)16-26-11-6-19(7-12-26)30-17-18-5-4-8-24-15-18/h4-5,8,13-15,19H,1-3,6-7,9-12,16-17H2. The fraction of sp³-hybridized carbons (Fsp3) is 0.522. The van der Waals surface area contributed by atoms with Crippen LogP contribution in [0.2, 0.25) is 0 Å². The maximum Gasteiger partial charge on any atom is 0.274 e. The van der Waals surface area contributed by atoms with Crippen molar-refractivity contribution in [3.8, 4) is 0 Å². The van der Waals surface area contributed by atoms with Gasteiger partial charge in [0.15, 0.2) is 10.7 Å². The van der Waals surface area contributed by atoms with Crippen LogP contribution in [0.5, 0.6) is 0 Å². The Bertz CT molecular complexity index is 1000. The van der Waals surface area contributed by atoms with Crippen molar-refractivity contribution in [1.29, 1.82) is 0 Å². The number of rotatable bonds is 6. The van der Waals surface area contributed by atoms with E-state index in [2.05, 4.69) is 20.4 Å². The predicted molar refractivity (Wildman–Crippen MR) is 120 cm³/mol. The van der Waals surface area contributed by atoms with Gasteiger partial charge in [0.25, 0.3) is 5.91 Å². The second-order valence-corrected chi connectivity index (χ2v) is 9.34. The summed E-state index contributed by atoms with van der Waals surface area (Å²) in [5.41, 5.74) is 2.79. The molecule has 2 aliphatic heterocycles. The quantitative estimate of drug-likeness (QED) is 0.587. The van der Waals surface area contributed by atoms with Crippen LogP contribution in [0, 0.1) is 0 Å². The van der Waals surface area contributed by atoms with Gasteiger partial charge in [-0.2, -0.15) is 0 Å². The Labute approximate surface area is 186 Å². The summed E-state index contributed by atoms with van der Waals surface area (Å²) >= 11 is 1.59. The number of piperidine rings is 2. The molecule has 31 heavy (non-hydrogen) atoms. The number of carbonyl (C=O) groups is 1. The van der Waals surface area contributed by atoms with Crippen molar-refractivity contribution in [2.75, 3.05) is 26.2 Å². The Kier molecular flexibility index (Phi) is 6.29. The molecule has 5 heterocycles. The van der Waals surface area contributed by atoms with Crippen LogP contribution in [0.1, 0.15) is 53.8 Å². The van der Waals surface area contributed by atoms with E-state index in [-0.39, 0.29) is 12.0 Å². The number of aromatic nitrogens is 3. The summed E-state index contributed by atoms with van der Waals surface area (Å²) in [6.07, 6.45) is 11.4. The Balaban J connectivity index is 1.22. The Morgan fingerprint density at radius 2 is 2.00 bits per heavy atom. The van der Waals surface area contributed by atoms with Gasteiger partial charge in [0, 0.05) is 56.7 Å². The fourth-order valence-electron chi connectivity index (χ4n) is 4.55. The third-order valence-corrected chi connectivity index (χ3v) is 7.08. The molecule has 0 saturated carbocycles. The van der Waals surface area contributed by atoms with Crippen LogP contribution in [-0.4, -0.2) is 62.4 Å². The SMILES string of the molecule is O=C(c1nc2sccn2c1CN1CCC(OCc2cccnc2)CC1)N1CCCCC1. The number of hydrogen-bond donors (Lipinski definition) is 0. The molecule has 2 saturated heterocycles. The van der Waals surface area contributed by atoms with Crippen molar-refractivity contribution in [3.63, 3.8) is 0 Å². The molecular weight excluding hydrogens is 410 g/mol. The Hall–Kier alpha value is -2.29. The fourth-order valence-corrected chi connectivity index (χ4v) is 5.28. The molecule has 3 aromatic rings. The molecule has 3 aromatic heterocycles. The van der Waals surface area contributed by atoms with Gasteiger partial charge in [0.05, 0.1) is 18.4 Å². The second kappa shape index (κ2) is 9.46. The normalized spacial score (nSPS) is 18.6. The zero-order valence-electron chi connectivity index (χ0n) is 17.8. The smallest absolute Gasteiger partial charge is 0.274 e. The van der Waals surface area contributed by atoms with E-state index < -0.39 is 0 Å². The number of pyridine rings is 1. The molecule has 2 aliphatic rings. The van der Waals surface area contributed by atoms with E-state index in [9.17, 15) is 4.79 Å². The number of thiazole rings is 1. The minimum atomic E-state index is 0.0975. The first-order valence-corrected chi connectivity index (χ1v) is 12.1. The molecule has 0 N–H and O–H groups in total. The van der Waals surface area contributed by atoms with Crippen LogP contribution in [0.3, 0.4) is 0 Å². The number of fused-ring (bicyclic) bond motifs is 1. The molecule has 2 fully saturated rings. The first-order valence-electron chi connectivity index (χ1n) is 11.2. The molecule has 5 rings (SSSR count). The first kappa shape index (κ1) is 20.6. The molecule has 0 spiro atoms. The van der Waals surface area contributed by atoms with Crippen LogP contribution >= 0.6 is 11.3 Å². The minimum absolute atomic E-state index is 0.0975. The number of hydrogen-bond acceptors (Lipinski definition) is 6. The van der Waals surface area contributed by atoms with E-state index >= 15 is 0 Å². The van der Waals surface area contributed by atoms with Gasteiger partial charge in [-0.3, -0.25) is 19.1 Å². The van der Waals surface area contributed by atoms with Gasteiger partial charge < -0.3 is 9.64 Å². The average molecular weight is 440 g/mol. The third-order valence-electron chi connectivity index (χ3n) is 6.32. The number of imidazole rings is 1. The highest BCUT2D eigenvalue weighted by atomic mass is 32.1. The van der Waals surface area contributed by atoms with Crippen molar-refractivity contribution < 1.29 is 9.53 Å². The molecule has 0 aromatic carbocycles. The summed E-state index contributed by atoms with van der Waals surface area (Å²) in [6.45, 7) is 5.00. The number of nitrogens with zero attached hydrogens (tertiary/aromatic N) is 5. The number of carbonyl (C=O) groups excluding carboxylic acids is 1. The van der Waals surface area contributed by atoms with E-state index in [0.717, 1.165) is 74.6 Å². The molecule has 7 nitrogen and oxygen atoms in total. The van der Waals surface area contributed by atoms with Gasteiger partial charge in [-0.05, 0) is 43.7 Å². The van der Waals surface area contributed by atoms with Gasteiger partial charge in [0.2, 0.25) is 0 Å². The van der Waals surface area contributed by atoms with Gasteiger partial charge in [-0.15, -0.1) is 11.3 Å². The van der Waals surface area contributed by atoms with Crippen molar-refractivity contribution in [3.05, 3.63) is 53.1 Å². The summed E-state index contributed by atoms with van der Waals surface area (Å²) < 4.78 is 8.21. The minimum Gasteiger partial charge on any atom is -0.373 e. The van der Waals surface area contributed by atoms with Crippen LogP contribution in [-0.2, 0) is 17.9 Å². The maximum absolute atomic E-state index is 13.2. The van der Waals surface area contributed by atoms with Crippen molar-refractivity contribution in [2.24, 2.45) is 0 Å². The topological polar surface area (TPSA) is 63.0 Å². The predicted octanol–water partition coefficient (Wildman–Crippen LogP) is 3.60. The second-order valence-electron chi connectivity index (χ2n) is 8.46. The highest BCUT2D eigenvalue weighted by Crippen LogP contribution is 2.24. The molecule has 0 aliphatic carbocycles. The molecule has 0 atom stereocenters. The third kappa shape index (κ3) is 4.66. The lowest BCUT2D eigenvalue weighted by Crippen LogP contribution is -2.38. The van der Waals surface area contributed by atoms with E-state index in [1.165, 1.54) is 6.42 Å². The van der Waals surface area contributed by atoms with Crippen molar-refractivity contribution in [2.45, 2.75) is 51.4 Å². The molecule has 8 heteroatoms. The number of likely N-dealkylation sites (tertiary alicyclic amines) is 2. The summed E-state index contributed by atoms with van der Waals surface area (Å²) in [6, 6.07) is 4.00. The maximum atomic E-state index is 13.2. The lowest BCUT2D eigenvalue weighted by Gasteiger charge is -2.32. The van der Waals surface area contributed by atoms with Crippen molar-refractivity contribution >= 4 is 22.2 Å². The van der Waals surface area contributed by atoms with Crippen LogP contribution in [0.25, 0.3) is 4.96 Å². The van der Waals surface area contributed by atoms with Gasteiger partial charge in [-0.25, -0.2) is 4.98 Å². The summed E-state index contributed by atoms with van der Waals surface area (Å²) in [5.74, 6) is 0.0975. The zero-order valence-corrected chi connectivity index (χ0v) is 18.6. The van der Waals surface area contributed by atoms with E-state index in [1.807, 2.05) is 28.7 Å². The molecule has 0 bridgehead atoms. The van der Waals surface area contributed by atoms with Crippen LogP contribution in [0.15, 0.2) is 36.1 Å². The number of ether oxygens (including phenoxy) is 1. The van der Waals surface area contributed by atoms with Gasteiger partial charge in [0.1, 0.15) is 0 Å². The Morgan fingerprint density at radius 1 is 1.16 bits per heavy atom. The first-order chi connectivity index (χ1) is 15.3. The molecule has 1 amide bonds. The average Bonchev–Trinajstić information content (AvgIpc) is 3.42. The highest BCUT2D eigenvalue weighted by molar-refractivity contribution is 7.15. The summed E-state index contributed by atoms with van der Waals surface area (Å²) in [5, 5.41) is 2.04. The summed E-state index contributed by atoms with van der Waals surface area (Å²) in [7, 11) is 0. The molecular formula is C23H29N5O2S. The Morgan fingerprint density at radius 3 is 2.77 bits per heavy atom. The molecule has 0 radical (unpaired) electrons. The van der Waals surface area contributed by atoms with Gasteiger partial charge in [-0.1, -0.05) is 6.07 Å².